The molecule has 1 aromatic carbocycles. The largest absolute Gasteiger partial charge is 0.306 e. The van der Waals surface area contributed by atoms with E-state index in [2.05, 4.69) is 45.3 Å². The number of hydrogen-bond donors (Lipinski definition) is 1. The lowest BCUT2D eigenvalue weighted by molar-refractivity contribution is 0.574. The van der Waals surface area contributed by atoms with Gasteiger partial charge in [0.15, 0.2) is 0 Å². The molecular formula is C14H14BrClN2. The summed E-state index contributed by atoms with van der Waals surface area (Å²) in [5.74, 6) is 0. The fourth-order valence-electron chi connectivity index (χ4n) is 1.68. The predicted molar refractivity (Wildman–Crippen MR) is 78.6 cm³/mol. The van der Waals surface area contributed by atoms with Crippen LogP contribution in [0, 0.1) is 0 Å². The Morgan fingerprint density at radius 3 is 2.67 bits per heavy atom. The standard InChI is InChI=1S/C14H14BrClN2/c1-10(11-2-4-13(15)5-3-11)18-8-12-6-7-17-9-14(12)16/h2-7,9-10,18H,8H2,1H3/t10-/m0/s1. The number of rotatable bonds is 4. The van der Waals surface area contributed by atoms with Gasteiger partial charge in [0, 0.05) is 29.5 Å². The summed E-state index contributed by atoms with van der Waals surface area (Å²) in [4.78, 5) is 3.97. The van der Waals surface area contributed by atoms with E-state index in [0.717, 1.165) is 16.6 Å². The molecule has 0 spiro atoms. The van der Waals surface area contributed by atoms with E-state index in [4.69, 9.17) is 11.6 Å². The van der Waals surface area contributed by atoms with Crippen LogP contribution in [0.1, 0.15) is 24.1 Å². The van der Waals surface area contributed by atoms with Gasteiger partial charge in [-0.05, 0) is 36.2 Å². The molecule has 0 aliphatic heterocycles. The highest BCUT2D eigenvalue weighted by Crippen LogP contribution is 2.18. The molecule has 94 valence electrons. The lowest BCUT2D eigenvalue weighted by Gasteiger charge is -2.15. The summed E-state index contributed by atoms with van der Waals surface area (Å²) in [6.45, 7) is 2.87. The molecule has 0 aliphatic rings. The number of nitrogens with zero attached hydrogens (tertiary/aromatic N) is 1. The van der Waals surface area contributed by atoms with Crippen molar-refractivity contribution in [3.63, 3.8) is 0 Å². The van der Waals surface area contributed by atoms with E-state index >= 15 is 0 Å². The second-order valence-corrected chi connectivity index (χ2v) is 5.44. The summed E-state index contributed by atoms with van der Waals surface area (Å²) in [6, 6.07) is 10.5. The van der Waals surface area contributed by atoms with E-state index in [-0.39, 0.29) is 6.04 Å². The molecule has 0 aliphatic carbocycles. The van der Waals surface area contributed by atoms with Crippen molar-refractivity contribution in [3.8, 4) is 0 Å². The molecule has 2 aromatic rings. The lowest BCUT2D eigenvalue weighted by atomic mass is 10.1. The van der Waals surface area contributed by atoms with Gasteiger partial charge in [-0.3, -0.25) is 4.98 Å². The average molecular weight is 326 g/mol. The molecule has 1 N–H and O–H groups in total. The maximum Gasteiger partial charge on any atom is 0.0634 e. The molecule has 0 bridgehead atoms. The number of nitrogens with one attached hydrogen (secondary N) is 1. The van der Waals surface area contributed by atoms with Crippen LogP contribution in [0.2, 0.25) is 5.02 Å². The summed E-state index contributed by atoms with van der Waals surface area (Å²) in [5.41, 5.74) is 2.32. The number of hydrogen-bond acceptors (Lipinski definition) is 2. The molecule has 1 aromatic heterocycles. The molecule has 0 radical (unpaired) electrons. The minimum atomic E-state index is 0.280. The van der Waals surface area contributed by atoms with Crippen molar-refractivity contribution in [2.45, 2.75) is 19.5 Å². The molecular weight excluding hydrogens is 312 g/mol. The van der Waals surface area contributed by atoms with Crippen LogP contribution in [-0.4, -0.2) is 4.98 Å². The van der Waals surface area contributed by atoms with Gasteiger partial charge >= 0.3 is 0 Å². The van der Waals surface area contributed by atoms with Crippen LogP contribution < -0.4 is 5.32 Å². The lowest BCUT2D eigenvalue weighted by Crippen LogP contribution is -2.18. The highest BCUT2D eigenvalue weighted by Gasteiger charge is 2.06. The van der Waals surface area contributed by atoms with E-state index in [1.54, 1.807) is 12.4 Å². The van der Waals surface area contributed by atoms with Gasteiger partial charge in [0.25, 0.3) is 0 Å². The zero-order chi connectivity index (χ0) is 13.0. The third-order valence-corrected chi connectivity index (χ3v) is 3.69. The van der Waals surface area contributed by atoms with Crippen molar-refractivity contribution in [2.24, 2.45) is 0 Å². The van der Waals surface area contributed by atoms with Crippen molar-refractivity contribution in [1.29, 1.82) is 0 Å². The highest BCUT2D eigenvalue weighted by atomic mass is 79.9. The first kappa shape index (κ1) is 13.5. The molecule has 4 heteroatoms. The van der Waals surface area contributed by atoms with Crippen LogP contribution in [0.5, 0.6) is 0 Å². The molecule has 0 unspecified atom stereocenters. The minimum Gasteiger partial charge on any atom is -0.306 e. The van der Waals surface area contributed by atoms with Gasteiger partial charge < -0.3 is 5.32 Å². The smallest absolute Gasteiger partial charge is 0.0634 e. The number of aromatic nitrogens is 1. The Labute approximate surface area is 121 Å². The van der Waals surface area contributed by atoms with Crippen molar-refractivity contribution in [2.75, 3.05) is 0 Å². The molecule has 1 heterocycles. The van der Waals surface area contributed by atoms with Crippen LogP contribution in [0.3, 0.4) is 0 Å². The third-order valence-electron chi connectivity index (χ3n) is 2.83. The summed E-state index contributed by atoms with van der Waals surface area (Å²) in [7, 11) is 0. The summed E-state index contributed by atoms with van der Waals surface area (Å²) in [5, 5.41) is 4.15. The zero-order valence-electron chi connectivity index (χ0n) is 10.0. The van der Waals surface area contributed by atoms with Crippen LogP contribution in [0.15, 0.2) is 47.2 Å². The second kappa shape index (κ2) is 6.32. The zero-order valence-corrected chi connectivity index (χ0v) is 12.4. The average Bonchev–Trinajstić information content (AvgIpc) is 2.38. The van der Waals surface area contributed by atoms with Gasteiger partial charge in [-0.1, -0.05) is 39.7 Å². The molecule has 18 heavy (non-hydrogen) atoms. The van der Waals surface area contributed by atoms with Gasteiger partial charge in [0.1, 0.15) is 0 Å². The first-order chi connectivity index (χ1) is 8.66. The SMILES string of the molecule is C[C@H](NCc1ccncc1Cl)c1ccc(Br)cc1. The van der Waals surface area contributed by atoms with Gasteiger partial charge in [0.2, 0.25) is 0 Å². The van der Waals surface area contributed by atoms with E-state index in [0.29, 0.717) is 5.02 Å². The monoisotopic (exact) mass is 324 g/mol. The van der Waals surface area contributed by atoms with E-state index < -0.39 is 0 Å². The summed E-state index contributed by atoms with van der Waals surface area (Å²) >= 11 is 9.50. The molecule has 0 amide bonds. The van der Waals surface area contributed by atoms with Crippen LogP contribution in [-0.2, 0) is 6.54 Å². The minimum absolute atomic E-state index is 0.280. The number of benzene rings is 1. The first-order valence-corrected chi connectivity index (χ1v) is 6.91. The number of halogens is 2. The van der Waals surface area contributed by atoms with Crippen LogP contribution in [0.25, 0.3) is 0 Å². The van der Waals surface area contributed by atoms with Crippen molar-refractivity contribution in [3.05, 3.63) is 63.3 Å². The highest BCUT2D eigenvalue weighted by molar-refractivity contribution is 9.10. The normalized spacial score (nSPS) is 12.4. The molecule has 0 saturated heterocycles. The maximum absolute atomic E-state index is 6.07. The summed E-state index contributed by atoms with van der Waals surface area (Å²) < 4.78 is 1.09. The Bertz CT molecular complexity index is 513. The Balaban J connectivity index is 1.98. The Kier molecular flexibility index (Phi) is 4.75. The Hall–Kier alpha value is -0.900. The topological polar surface area (TPSA) is 24.9 Å². The van der Waals surface area contributed by atoms with Gasteiger partial charge in [-0.15, -0.1) is 0 Å². The van der Waals surface area contributed by atoms with Crippen LogP contribution >= 0.6 is 27.5 Å². The quantitative estimate of drug-likeness (QED) is 0.904. The van der Waals surface area contributed by atoms with Gasteiger partial charge in [-0.25, -0.2) is 0 Å². The van der Waals surface area contributed by atoms with E-state index in [1.165, 1.54) is 5.56 Å². The Morgan fingerprint density at radius 2 is 2.00 bits per heavy atom. The molecule has 1 atom stereocenters. The molecule has 0 fully saturated rings. The molecule has 2 rings (SSSR count). The van der Waals surface area contributed by atoms with Gasteiger partial charge in [-0.2, -0.15) is 0 Å². The molecule has 2 nitrogen and oxygen atoms in total. The maximum atomic E-state index is 6.07. The van der Waals surface area contributed by atoms with Crippen molar-refractivity contribution < 1.29 is 0 Å². The second-order valence-electron chi connectivity index (χ2n) is 4.12. The predicted octanol–water partition coefficient (Wildman–Crippen LogP) is 4.35. The van der Waals surface area contributed by atoms with Crippen molar-refractivity contribution >= 4 is 27.5 Å². The third kappa shape index (κ3) is 3.55. The first-order valence-electron chi connectivity index (χ1n) is 5.74. The Morgan fingerprint density at radius 1 is 1.28 bits per heavy atom. The van der Waals surface area contributed by atoms with E-state index in [9.17, 15) is 0 Å². The van der Waals surface area contributed by atoms with Gasteiger partial charge in [0.05, 0.1) is 5.02 Å². The molecule has 0 saturated carbocycles. The summed E-state index contributed by atoms with van der Waals surface area (Å²) in [6.07, 6.45) is 3.43. The van der Waals surface area contributed by atoms with E-state index in [1.807, 2.05) is 18.2 Å². The fourth-order valence-corrected chi connectivity index (χ4v) is 2.13. The van der Waals surface area contributed by atoms with Crippen LogP contribution in [0.4, 0.5) is 0 Å². The fraction of sp³-hybridized carbons (Fsp3) is 0.214. The van der Waals surface area contributed by atoms with Crippen molar-refractivity contribution in [1.82, 2.24) is 10.3 Å². The number of pyridine rings is 1.